The first kappa shape index (κ1) is 26.4. The van der Waals surface area contributed by atoms with Gasteiger partial charge in [0.2, 0.25) is 0 Å². The minimum atomic E-state index is -0.664. The molecule has 0 saturated heterocycles. The molecule has 0 amide bonds. The predicted octanol–water partition coefficient (Wildman–Crippen LogP) is 7.64. The SMILES string of the molecule is CCOC(=O)C1=C(O)/C(=C/c2cc(Cl)c(OCc3ccccc3C#N)c(Cl)c2)SC1=Nc1ccccc1. The van der Waals surface area contributed by atoms with Crippen molar-refractivity contribution in [3.05, 3.63) is 110 Å². The molecule has 0 spiro atoms. The number of nitriles is 1. The molecule has 1 aliphatic heterocycles. The fourth-order valence-electron chi connectivity index (χ4n) is 3.47. The van der Waals surface area contributed by atoms with Crippen LogP contribution in [0.15, 0.2) is 88.0 Å². The van der Waals surface area contributed by atoms with Gasteiger partial charge in [0.15, 0.2) is 5.75 Å². The summed E-state index contributed by atoms with van der Waals surface area (Å²) in [5, 5.41) is 21.0. The number of halogens is 2. The average molecular weight is 551 g/mol. The van der Waals surface area contributed by atoms with Crippen molar-refractivity contribution in [2.45, 2.75) is 13.5 Å². The standard InChI is InChI=1S/C28H20Cl2N2O4S/c1-2-35-28(34)24-25(33)23(37-27(24)32-20-10-4-3-5-11-20)14-17-12-21(29)26(22(30)13-17)36-16-19-9-7-6-8-18(19)15-31/h3-14,33H,2,16H2,1H3/b23-14-,32-27?. The Bertz CT molecular complexity index is 1450. The first-order valence-electron chi connectivity index (χ1n) is 11.2. The first-order valence-corrected chi connectivity index (χ1v) is 12.7. The molecule has 0 fully saturated rings. The normalized spacial score (nSPS) is 15.2. The Hall–Kier alpha value is -3.70. The molecule has 186 valence electrons. The molecule has 1 heterocycles. The molecule has 3 aromatic carbocycles. The molecule has 6 nitrogen and oxygen atoms in total. The van der Waals surface area contributed by atoms with Gasteiger partial charge in [-0.25, -0.2) is 9.79 Å². The zero-order chi connectivity index (χ0) is 26.4. The topological polar surface area (TPSA) is 91.9 Å². The van der Waals surface area contributed by atoms with Crippen LogP contribution in [0.5, 0.6) is 5.75 Å². The van der Waals surface area contributed by atoms with Gasteiger partial charge in [0.25, 0.3) is 0 Å². The van der Waals surface area contributed by atoms with Crippen molar-refractivity contribution in [2.75, 3.05) is 6.61 Å². The van der Waals surface area contributed by atoms with Gasteiger partial charge in [0, 0.05) is 5.56 Å². The maximum atomic E-state index is 12.6. The van der Waals surface area contributed by atoms with Crippen molar-refractivity contribution in [3.63, 3.8) is 0 Å². The van der Waals surface area contributed by atoms with Crippen LogP contribution in [-0.2, 0) is 16.1 Å². The molecule has 0 aliphatic carbocycles. The van der Waals surface area contributed by atoms with Crippen molar-refractivity contribution in [1.82, 2.24) is 0 Å². The lowest BCUT2D eigenvalue weighted by molar-refractivity contribution is -0.138. The van der Waals surface area contributed by atoms with Crippen molar-refractivity contribution >= 4 is 57.7 Å². The number of carbonyl (C=O) groups excluding carboxylic acids is 1. The van der Waals surface area contributed by atoms with Gasteiger partial charge in [-0.15, -0.1) is 0 Å². The van der Waals surface area contributed by atoms with Crippen LogP contribution in [0.25, 0.3) is 6.08 Å². The molecule has 0 unspecified atom stereocenters. The number of hydrogen-bond donors (Lipinski definition) is 1. The predicted molar refractivity (Wildman–Crippen MR) is 147 cm³/mol. The second-order valence-electron chi connectivity index (χ2n) is 7.68. The molecule has 4 rings (SSSR count). The summed E-state index contributed by atoms with van der Waals surface area (Å²) < 4.78 is 11.0. The molecule has 0 saturated carbocycles. The van der Waals surface area contributed by atoms with Crippen LogP contribution in [0, 0.1) is 11.3 Å². The van der Waals surface area contributed by atoms with Crippen LogP contribution < -0.4 is 4.74 Å². The molecule has 0 radical (unpaired) electrons. The Kier molecular flexibility index (Phi) is 8.57. The summed E-state index contributed by atoms with van der Waals surface area (Å²) >= 11 is 14.1. The highest BCUT2D eigenvalue weighted by Crippen LogP contribution is 2.42. The molecule has 0 aromatic heterocycles. The number of ether oxygens (including phenoxy) is 2. The minimum absolute atomic E-state index is 0.00439. The zero-order valence-corrected chi connectivity index (χ0v) is 21.9. The fraction of sp³-hybridized carbons (Fsp3) is 0.107. The molecule has 0 atom stereocenters. The zero-order valence-electron chi connectivity index (χ0n) is 19.6. The van der Waals surface area contributed by atoms with Crippen molar-refractivity contribution in [1.29, 1.82) is 5.26 Å². The highest BCUT2D eigenvalue weighted by molar-refractivity contribution is 8.18. The third-order valence-electron chi connectivity index (χ3n) is 5.19. The lowest BCUT2D eigenvalue weighted by atomic mass is 10.1. The lowest BCUT2D eigenvalue weighted by Gasteiger charge is -2.12. The number of rotatable bonds is 7. The van der Waals surface area contributed by atoms with E-state index in [1.807, 2.05) is 24.3 Å². The van der Waals surface area contributed by atoms with E-state index in [-0.39, 0.29) is 40.3 Å². The number of aliphatic imine (C=N–C) groups is 1. The largest absolute Gasteiger partial charge is 0.506 e. The second kappa shape index (κ2) is 12.0. The highest BCUT2D eigenvalue weighted by atomic mass is 35.5. The molecule has 3 aromatic rings. The van der Waals surface area contributed by atoms with Gasteiger partial charge in [0.05, 0.1) is 38.9 Å². The van der Waals surface area contributed by atoms with E-state index in [2.05, 4.69) is 11.1 Å². The maximum absolute atomic E-state index is 12.6. The quantitative estimate of drug-likeness (QED) is 0.304. The van der Waals surface area contributed by atoms with E-state index in [0.717, 1.165) is 11.8 Å². The highest BCUT2D eigenvalue weighted by Gasteiger charge is 2.33. The number of nitrogens with zero attached hydrogens (tertiary/aromatic N) is 2. The molecule has 9 heteroatoms. The number of esters is 1. The Labute approximate surface area is 228 Å². The Morgan fingerprint density at radius 2 is 1.78 bits per heavy atom. The smallest absolute Gasteiger partial charge is 0.344 e. The number of aliphatic hydroxyl groups excluding tert-OH is 1. The Morgan fingerprint density at radius 1 is 1.11 bits per heavy atom. The minimum Gasteiger partial charge on any atom is -0.506 e. The van der Waals surface area contributed by atoms with E-state index in [9.17, 15) is 15.2 Å². The van der Waals surface area contributed by atoms with E-state index in [1.165, 1.54) is 0 Å². The number of hydrogen-bond acceptors (Lipinski definition) is 7. The number of carbonyl (C=O) groups is 1. The third-order valence-corrected chi connectivity index (χ3v) is 6.77. The van der Waals surface area contributed by atoms with E-state index in [4.69, 9.17) is 32.7 Å². The Balaban J connectivity index is 1.63. The van der Waals surface area contributed by atoms with E-state index >= 15 is 0 Å². The van der Waals surface area contributed by atoms with Crippen LogP contribution in [0.4, 0.5) is 5.69 Å². The van der Waals surface area contributed by atoms with E-state index in [0.29, 0.717) is 32.3 Å². The summed E-state index contributed by atoms with van der Waals surface area (Å²) in [5.74, 6) is -0.627. The fourth-order valence-corrected chi connectivity index (χ4v) is 5.12. The molecular weight excluding hydrogens is 531 g/mol. The van der Waals surface area contributed by atoms with Gasteiger partial charge < -0.3 is 14.6 Å². The number of thioether (sulfide) groups is 1. The molecular formula is C28H20Cl2N2O4S. The van der Waals surface area contributed by atoms with Crippen LogP contribution in [0.1, 0.15) is 23.6 Å². The van der Waals surface area contributed by atoms with E-state index in [1.54, 1.807) is 55.5 Å². The second-order valence-corrected chi connectivity index (χ2v) is 9.52. The van der Waals surface area contributed by atoms with Crippen LogP contribution in [0.3, 0.4) is 0 Å². The summed E-state index contributed by atoms with van der Waals surface area (Å²) in [6.07, 6.45) is 1.65. The van der Waals surface area contributed by atoms with Gasteiger partial charge in [-0.3, -0.25) is 0 Å². The van der Waals surface area contributed by atoms with Gasteiger partial charge in [-0.05, 0) is 48.9 Å². The van der Waals surface area contributed by atoms with Gasteiger partial charge >= 0.3 is 5.97 Å². The van der Waals surface area contributed by atoms with Gasteiger partial charge in [-0.2, -0.15) is 5.26 Å². The van der Waals surface area contributed by atoms with Crippen LogP contribution in [-0.4, -0.2) is 22.7 Å². The summed E-state index contributed by atoms with van der Waals surface area (Å²) in [7, 11) is 0. The van der Waals surface area contributed by atoms with Crippen LogP contribution in [0.2, 0.25) is 10.0 Å². The Morgan fingerprint density at radius 3 is 2.46 bits per heavy atom. The summed E-state index contributed by atoms with van der Waals surface area (Å²) in [5.41, 5.74) is 2.42. The molecule has 1 aliphatic rings. The summed E-state index contributed by atoms with van der Waals surface area (Å²) in [6, 6.07) is 21.6. The molecule has 37 heavy (non-hydrogen) atoms. The van der Waals surface area contributed by atoms with Crippen molar-refractivity contribution < 1.29 is 19.4 Å². The van der Waals surface area contributed by atoms with Crippen molar-refractivity contribution in [3.8, 4) is 11.8 Å². The summed E-state index contributed by atoms with van der Waals surface area (Å²) in [6.45, 7) is 1.96. The van der Waals surface area contributed by atoms with E-state index < -0.39 is 5.97 Å². The average Bonchev–Trinajstić information content (AvgIpc) is 3.18. The maximum Gasteiger partial charge on any atom is 0.344 e. The summed E-state index contributed by atoms with van der Waals surface area (Å²) in [4.78, 5) is 17.5. The van der Waals surface area contributed by atoms with Gasteiger partial charge in [-0.1, -0.05) is 71.4 Å². The van der Waals surface area contributed by atoms with Crippen molar-refractivity contribution in [2.24, 2.45) is 4.99 Å². The number of para-hydroxylation sites is 1. The third kappa shape index (κ3) is 6.17. The first-order chi connectivity index (χ1) is 17.9. The number of aliphatic hydroxyl groups is 1. The lowest BCUT2D eigenvalue weighted by Crippen LogP contribution is -2.12. The molecule has 0 bridgehead atoms. The molecule has 1 N–H and O–H groups in total. The van der Waals surface area contributed by atoms with Crippen LogP contribution >= 0.6 is 35.0 Å². The monoisotopic (exact) mass is 550 g/mol. The number of benzene rings is 3. The van der Waals surface area contributed by atoms with Gasteiger partial charge in [0.1, 0.15) is 23.0 Å².